The van der Waals surface area contributed by atoms with Crippen LogP contribution in [-0.2, 0) is 0 Å². The Balaban J connectivity index is 0. The van der Waals surface area contributed by atoms with Gasteiger partial charge in [0.2, 0.25) is 0 Å². The SMILES string of the molecule is CC.CC(C)CC(C)(C)CN1CCNCC1.CO. The van der Waals surface area contributed by atoms with Crippen molar-refractivity contribution in [2.75, 3.05) is 39.8 Å². The smallest absolute Gasteiger partial charge is 0.0319 e. The van der Waals surface area contributed by atoms with E-state index in [4.69, 9.17) is 5.11 Å². The summed E-state index contributed by atoms with van der Waals surface area (Å²) in [7, 11) is 1.00. The van der Waals surface area contributed by atoms with E-state index in [0.29, 0.717) is 5.41 Å². The number of piperazine rings is 1. The second kappa shape index (κ2) is 11.9. The van der Waals surface area contributed by atoms with Gasteiger partial charge in [-0.15, -0.1) is 0 Å². The second-order valence-electron chi connectivity index (χ2n) is 5.79. The Bertz CT molecular complexity index is 164. The van der Waals surface area contributed by atoms with Gasteiger partial charge in [-0.1, -0.05) is 41.5 Å². The molecule has 0 aliphatic carbocycles. The van der Waals surface area contributed by atoms with Crippen molar-refractivity contribution in [3.63, 3.8) is 0 Å². The summed E-state index contributed by atoms with van der Waals surface area (Å²) in [6, 6.07) is 0. The largest absolute Gasteiger partial charge is 0.400 e. The summed E-state index contributed by atoms with van der Waals surface area (Å²) in [5.41, 5.74) is 0.478. The molecule has 0 aromatic heterocycles. The van der Waals surface area contributed by atoms with Crippen LogP contribution in [0.15, 0.2) is 0 Å². The van der Waals surface area contributed by atoms with Crippen LogP contribution < -0.4 is 5.32 Å². The lowest BCUT2D eigenvalue weighted by Crippen LogP contribution is -2.47. The quantitative estimate of drug-likeness (QED) is 0.815. The van der Waals surface area contributed by atoms with Gasteiger partial charge in [-0.3, -0.25) is 0 Å². The molecular formula is C15H36N2O. The predicted octanol–water partition coefficient (Wildman–Crippen LogP) is 2.60. The molecule has 1 rings (SSSR count). The molecule has 3 heteroatoms. The van der Waals surface area contributed by atoms with Gasteiger partial charge in [0.1, 0.15) is 0 Å². The van der Waals surface area contributed by atoms with E-state index >= 15 is 0 Å². The van der Waals surface area contributed by atoms with Gasteiger partial charge in [-0.2, -0.15) is 0 Å². The van der Waals surface area contributed by atoms with Crippen molar-refractivity contribution >= 4 is 0 Å². The van der Waals surface area contributed by atoms with Crippen LogP contribution in [-0.4, -0.2) is 49.8 Å². The first-order valence-corrected chi connectivity index (χ1v) is 7.37. The van der Waals surface area contributed by atoms with Crippen molar-refractivity contribution in [1.82, 2.24) is 10.2 Å². The van der Waals surface area contributed by atoms with Crippen LogP contribution in [0, 0.1) is 11.3 Å². The summed E-state index contributed by atoms with van der Waals surface area (Å²) in [5, 5.41) is 10.4. The molecule has 0 radical (unpaired) electrons. The fourth-order valence-corrected chi connectivity index (χ4v) is 2.64. The van der Waals surface area contributed by atoms with Crippen LogP contribution in [0.5, 0.6) is 0 Å². The average molecular weight is 260 g/mol. The molecule has 1 saturated heterocycles. The van der Waals surface area contributed by atoms with Crippen LogP contribution in [0.25, 0.3) is 0 Å². The van der Waals surface area contributed by atoms with Crippen LogP contribution in [0.4, 0.5) is 0 Å². The molecular weight excluding hydrogens is 224 g/mol. The zero-order valence-electron chi connectivity index (χ0n) is 13.7. The molecule has 1 aliphatic rings. The van der Waals surface area contributed by atoms with Crippen molar-refractivity contribution < 1.29 is 5.11 Å². The Morgan fingerprint density at radius 1 is 1.11 bits per heavy atom. The number of rotatable bonds is 4. The summed E-state index contributed by atoms with van der Waals surface area (Å²) >= 11 is 0. The van der Waals surface area contributed by atoms with Gasteiger partial charge in [-0.25, -0.2) is 0 Å². The Labute approximate surface area is 115 Å². The van der Waals surface area contributed by atoms with E-state index in [1.807, 2.05) is 13.8 Å². The summed E-state index contributed by atoms with van der Waals surface area (Å²) < 4.78 is 0. The minimum atomic E-state index is 0.478. The third-order valence-electron chi connectivity index (χ3n) is 2.82. The van der Waals surface area contributed by atoms with E-state index in [9.17, 15) is 0 Å². The Hall–Kier alpha value is -0.120. The Morgan fingerprint density at radius 2 is 1.56 bits per heavy atom. The van der Waals surface area contributed by atoms with Gasteiger partial charge >= 0.3 is 0 Å². The first-order chi connectivity index (χ1) is 8.49. The molecule has 1 aliphatic heterocycles. The van der Waals surface area contributed by atoms with E-state index in [1.165, 1.54) is 26.1 Å². The molecule has 0 unspecified atom stereocenters. The monoisotopic (exact) mass is 260 g/mol. The minimum absolute atomic E-state index is 0.478. The molecule has 112 valence electrons. The predicted molar refractivity (Wildman–Crippen MR) is 82.0 cm³/mol. The van der Waals surface area contributed by atoms with Crippen LogP contribution in [0.2, 0.25) is 0 Å². The van der Waals surface area contributed by atoms with E-state index in [0.717, 1.165) is 26.1 Å². The fraction of sp³-hybridized carbons (Fsp3) is 1.00. The van der Waals surface area contributed by atoms with Crippen LogP contribution >= 0.6 is 0 Å². The summed E-state index contributed by atoms with van der Waals surface area (Å²) in [6.45, 7) is 19.5. The van der Waals surface area contributed by atoms with Gasteiger partial charge in [0.25, 0.3) is 0 Å². The summed E-state index contributed by atoms with van der Waals surface area (Å²) in [5.74, 6) is 0.813. The molecule has 0 atom stereocenters. The molecule has 0 spiro atoms. The molecule has 0 aromatic carbocycles. The second-order valence-corrected chi connectivity index (χ2v) is 5.79. The van der Waals surface area contributed by atoms with Gasteiger partial charge in [0.05, 0.1) is 0 Å². The highest BCUT2D eigenvalue weighted by molar-refractivity contribution is 4.78. The third kappa shape index (κ3) is 11.0. The Morgan fingerprint density at radius 3 is 1.94 bits per heavy atom. The van der Waals surface area contributed by atoms with Gasteiger partial charge < -0.3 is 15.3 Å². The van der Waals surface area contributed by atoms with Crippen molar-refractivity contribution in [3.8, 4) is 0 Å². The standard InChI is InChI=1S/C12H26N2.C2H6.CH4O/c1-11(2)9-12(3,4)10-14-7-5-13-6-8-14;2*1-2/h11,13H,5-10H2,1-4H3;1-2H3;2H,1H3. The number of aliphatic hydroxyl groups is 1. The van der Waals surface area contributed by atoms with E-state index in [2.05, 4.69) is 37.9 Å². The molecule has 0 bridgehead atoms. The van der Waals surface area contributed by atoms with E-state index < -0.39 is 0 Å². The topological polar surface area (TPSA) is 35.5 Å². The maximum Gasteiger partial charge on any atom is 0.0319 e. The third-order valence-corrected chi connectivity index (χ3v) is 2.82. The van der Waals surface area contributed by atoms with Crippen molar-refractivity contribution in [1.29, 1.82) is 0 Å². The normalized spacial score (nSPS) is 16.5. The fourth-order valence-electron chi connectivity index (χ4n) is 2.64. The van der Waals surface area contributed by atoms with Crippen molar-refractivity contribution in [2.45, 2.75) is 48.0 Å². The number of nitrogens with one attached hydrogen (secondary N) is 1. The van der Waals surface area contributed by atoms with E-state index in [1.54, 1.807) is 0 Å². The molecule has 0 aromatic rings. The molecule has 0 saturated carbocycles. The number of aliphatic hydroxyl groups excluding tert-OH is 1. The Kier molecular flexibility index (Phi) is 13.4. The average Bonchev–Trinajstić information content (AvgIpc) is 2.33. The summed E-state index contributed by atoms with van der Waals surface area (Å²) in [6.07, 6.45) is 1.33. The highest BCUT2D eigenvalue weighted by Gasteiger charge is 2.23. The summed E-state index contributed by atoms with van der Waals surface area (Å²) in [4.78, 5) is 2.60. The molecule has 1 heterocycles. The van der Waals surface area contributed by atoms with Gasteiger partial charge in [0.15, 0.2) is 0 Å². The van der Waals surface area contributed by atoms with Gasteiger partial charge in [0, 0.05) is 39.8 Å². The van der Waals surface area contributed by atoms with E-state index in [-0.39, 0.29) is 0 Å². The molecule has 1 fully saturated rings. The molecule has 2 N–H and O–H groups in total. The van der Waals surface area contributed by atoms with Crippen LogP contribution in [0.3, 0.4) is 0 Å². The van der Waals surface area contributed by atoms with Crippen LogP contribution in [0.1, 0.15) is 48.0 Å². The van der Waals surface area contributed by atoms with Crippen molar-refractivity contribution in [2.24, 2.45) is 11.3 Å². The number of hydrogen-bond donors (Lipinski definition) is 2. The lowest BCUT2D eigenvalue weighted by atomic mass is 9.83. The maximum atomic E-state index is 7.00. The van der Waals surface area contributed by atoms with Crippen molar-refractivity contribution in [3.05, 3.63) is 0 Å². The zero-order chi connectivity index (χ0) is 14.6. The van der Waals surface area contributed by atoms with Gasteiger partial charge in [-0.05, 0) is 17.8 Å². The lowest BCUT2D eigenvalue weighted by molar-refractivity contribution is 0.142. The minimum Gasteiger partial charge on any atom is -0.400 e. The number of hydrogen-bond acceptors (Lipinski definition) is 3. The highest BCUT2D eigenvalue weighted by Crippen LogP contribution is 2.26. The molecule has 0 amide bonds. The first-order valence-electron chi connectivity index (χ1n) is 7.37. The molecule has 18 heavy (non-hydrogen) atoms. The molecule has 3 nitrogen and oxygen atoms in total. The zero-order valence-corrected chi connectivity index (χ0v) is 13.7. The maximum absolute atomic E-state index is 7.00. The number of nitrogens with zero attached hydrogens (tertiary/aromatic N) is 1. The first kappa shape index (κ1) is 20.2. The lowest BCUT2D eigenvalue weighted by Gasteiger charge is -2.36. The highest BCUT2D eigenvalue weighted by atomic mass is 16.2.